The molecule has 100 valence electrons. The minimum atomic E-state index is -0.929. The number of carbonyl (C=O) groups is 2. The number of hydrogen-bond acceptors (Lipinski definition) is 4. The summed E-state index contributed by atoms with van der Waals surface area (Å²) in [7, 11) is 0. The molecule has 1 rings (SSSR count). The molecule has 1 unspecified atom stereocenters. The maximum absolute atomic E-state index is 11.3. The van der Waals surface area contributed by atoms with Gasteiger partial charge in [0.25, 0.3) is 0 Å². The van der Waals surface area contributed by atoms with Crippen LogP contribution in [0.1, 0.15) is 13.3 Å². The summed E-state index contributed by atoms with van der Waals surface area (Å²) in [6.07, 6.45) is 4.06. The van der Waals surface area contributed by atoms with E-state index >= 15 is 0 Å². The number of aryl methyl sites for hydroxylation is 1. The molecule has 8 heteroatoms. The van der Waals surface area contributed by atoms with Crippen LogP contribution in [-0.2, 0) is 11.3 Å². The third kappa shape index (κ3) is 5.28. The Morgan fingerprint density at radius 2 is 2.22 bits per heavy atom. The minimum Gasteiger partial charge on any atom is -0.481 e. The largest absolute Gasteiger partial charge is 0.481 e. The highest BCUT2D eigenvalue weighted by Crippen LogP contribution is 1.91. The van der Waals surface area contributed by atoms with Crippen LogP contribution >= 0.6 is 0 Å². The zero-order valence-electron chi connectivity index (χ0n) is 10.2. The molecular formula is C10H17N5O3. The van der Waals surface area contributed by atoms with Crippen molar-refractivity contribution in [2.24, 2.45) is 5.92 Å². The number of nitrogens with zero attached hydrogens (tertiary/aromatic N) is 3. The van der Waals surface area contributed by atoms with E-state index in [0.717, 1.165) is 6.42 Å². The Morgan fingerprint density at radius 3 is 2.83 bits per heavy atom. The van der Waals surface area contributed by atoms with Gasteiger partial charge in [-0.3, -0.25) is 9.48 Å². The fourth-order valence-corrected chi connectivity index (χ4v) is 1.19. The highest BCUT2D eigenvalue weighted by Gasteiger charge is 2.11. The molecular weight excluding hydrogens is 238 g/mol. The lowest BCUT2D eigenvalue weighted by Gasteiger charge is -2.09. The minimum absolute atomic E-state index is 0.115. The zero-order valence-corrected chi connectivity index (χ0v) is 10.2. The van der Waals surface area contributed by atoms with Crippen LogP contribution in [0.3, 0.4) is 0 Å². The van der Waals surface area contributed by atoms with E-state index in [1.165, 1.54) is 6.92 Å². The highest BCUT2D eigenvalue weighted by atomic mass is 16.4. The molecule has 0 spiro atoms. The third-order valence-electron chi connectivity index (χ3n) is 2.31. The number of rotatable bonds is 7. The van der Waals surface area contributed by atoms with Gasteiger partial charge in [-0.1, -0.05) is 12.1 Å². The van der Waals surface area contributed by atoms with Crippen LogP contribution in [0.5, 0.6) is 0 Å². The molecule has 0 saturated heterocycles. The summed E-state index contributed by atoms with van der Waals surface area (Å²) in [5.74, 6) is -1.52. The van der Waals surface area contributed by atoms with E-state index in [-0.39, 0.29) is 12.6 Å². The van der Waals surface area contributed by atoms with Gasteiger partial charge < -0.3 is 15.7 Å². The fourth-order valence-electron chi connectivity index (χ4n) is 1.19. The number of carboxylic acid groups (broad SMARTS) is 1. The standard InChI is InChI=1S/C10H17N5O3/c1-8(9(16)17)7-12-10(18)11-3-2-5-15-6-4-13-14-15/h4,6,8H,2-3,5,7H2,1H3,(H,16,17)(H2,11,12,18). The Kier molecular flexibility index (Phi) is 5.62. The predicted molar refractivity (Wildman–Crippen MR) is 62.8 cm³/mol. The van der Waals surface area contributed by atoms with E-state index in [9.17, 15) is 9.59 Å². The van der Waals surface area contributed by atoms with Crippen LogP contribution in [0.2, 0.25) is 0 Å². The number of carbonyl (C=O) groups excluding carboxylic acids is 1. The Labute approximate surface area is 104 Å². The summed E-state index contributed by atoms with van der Waals surface area (Å²) < 4.78 is 1.67. The van der Waals surface area contributed by atoms with Gasteiger partial charge in [0.05, 0.1) is 12.1 Å². The molecule has 0 aliphatic rings. The Hall–Kier alpha value is -2.12. The van der Waals surface area contributed by atoms with Crippen LogP contribution in [0.4, 0.5) is 4.79 Å². The van der Waals surface area contributed by atoms with Gasteiger partial charge >= 0.3 is 12.0 Å². The number of urea groups is 1. The molecule has 1 aromatic rings. The first-order valence-electron chi connectivity index (χ1n) is 5.68. The molecule has 18 heavy (non-hydrogen) atoms. The molecule has 0 bridgehead atoms. The molecule has 0 aliphatic carbocycles. The molecule has 1 heterocycles. The molecule has 0 aliphatic heterocycles. The number of hydrogen-bond donors (Lipinski definition) is 3. The van der Waals surface area contributed by atoms with Gasteiger partial charge in [-0.2, -0.15) is 0 Å². The first-order chi connectivity index (χ1) is 8.59. The van der Waals surface area contributed by atoms with E-state index < -0.39 is 11.9 Å². The molecule has 1 aromatic heterocycles. The van der Waals surface area contributed by atoms with Crippen LogP contribution in [0.15, 0.2) is 12.4 Å². The normalized spacial score (nSPS) is 11.8. The van der Waals surface area contributed by atoms with Gasteiger partial charge in [-0.25, -0.2) is 4.79 Å². The van der Waals surface area contributed by atoms with Crippen LogP contribution < -0.4 is 10.6 Å². The van der Waals surface area contributed by atoms with Gasteiger partial charge in [0, 0.05) is 25.8 Å². The van der Waals surface area contributed by atoms with Gasteiger partial charge in [0.2, 0.25) is 0 Å². The molecule has 0 aromatic carbocycles. The van der Waals surface area contributed by atoms with E-state index in [1.807, 2.05) is 0 Å². The lowest BCUT2D eigenvalue weighted by atomic mass is 10.2. The maximum Gasteiger partial charge on any atom is 0.314 e. The maximum atomic E-state index is 11.3. The summed E-state index contributed by atoms with van der Waals surface area (Å²) >= 11 is 0. The topological polar surface area (TPSA) is 109 Å². The highest BCUT2D eigenvalue weighted by molar-refractivity contribution is 5.75. The summed E-state index contributed by atoms with van der Waals surface area (Å²) in [4.78, 5) is 21.8. The number of carboxylic acids is 1. The monoisotopic (exact) mass is 255 g/mol. The molecule has 8 nitrogen and oxygen atoms in total. The van der Waals surface area contributed by atoms with Gasteiger partial charge in [-0.15, -0.1) is 5.10 Å². The number of aromatic nitrogens is 3. The van der Waals surface area contributed by atoms with Crippen molar-refractivity contribution in [1.29, 1.82) is 0 Å². The van der Waals surface area contributed by atoms with Crippen molar-refractivity contribution in [1.82, 2.24) is 25.6 Å². The molecule has 2 amide bonds. The Bertz CT molecular complexity index is 379. The van der Waals surface area contributed by atoms with Crippen LogP contribution in [0, 0.1) is 5.92 Å². The first kappa shape index (κ1) is 13.9. The number of nitrogens with one attached hydrogen (secondary N) is 2. The Morgan fingerprint density at radius 1 is 1.44 bits per heavy atom. The lowest BCUT2D eigenvalue weighted by Crippen LogP contribution is -2.39. The molecule has 3 N–H and O–H groups in total. The second-order valence-electron chi connectivity index (χ2n) is 3.90. The van der Waals surface area contributed by atoms with E-state index in [1.54, 1.807) is 17.1 Å². The summed E-state index contributed by atoms with van der Waals surface area (Å²) in [6.45, 7) is 2.82. The lowest BCUT2D eigenvalue weighted by molar-refractivity contribution is -0.140. The SMILES string of the molecule is CC(CNC(=O)NCCCn1ccnn1)C(=O)O. The van der Waals surface area contributed by atoms with Gasteiger partial charge in [0.15, 0.2) is 0 Å². The summed E-state index contributed by atoms with van der Waals surface area (Å²) in [5.41, 5.74) is 0. The molecule has 0 fully saturated rings. The second-order valence-corrected chi connectivity index (χ2v) is 3.90. The van der Waals surface area contributed by atoms with E-state index in [2.05, 4.69) is 20.9 Å². The van der Waals surface area contributed by atoms with Crippen molar-refractivity contribution in [2.75, 3.05) is 13.1 Å². The van der Waals surface area contributed by atoms with Crippen molar-refractivity contribution in [2.45, 2.75) is 19.9 Å². The molecule has 0 radical (unpaired) electrons. The van der Waals surface area contributed by atoms with Crippen molar-refractivity contribution >= 4 is 12.0 Å². The Balaban J connectivity index is 2.05. The molecule has 0 saturated carbocycles. The zero-order chi connectivity index (χ0) is 13.4. The van der Waals surface area contributed by atoms with Crippen LogP contribution in [0.25, 0.3) is 0 Å². The first-order valence-corrected chi connectivity index (χ1v) is 5.68. The van der Waals surface area contributed by atoms with Gasteiger partial charge in [-0.05, 0) is 6.42 Å². The average Bonchev–Trinajstić information content (AvgIpc) is 2.84. The van der Waals surface area contributed by atoms with Crippen LogP contribution in [-0.4, -0.2) is 45.2 Å². The fraction of sp³-hybridized carbons (Fsp3) is 0.600. The van der Waals surface area contributed by atoms with Crippen molar-refractivity contribution in [3.63, 3.8) is 0 Å². The predicted octanol–water partition coefficient (Wildman–Crippen LogP) is -0.312. The van der Waals surface area contributed by atoms with Crippen molar-refractivity contribution < 1.29 is 14.7 Å². The van der Waals surface area contributed by atoms with Crippen molar-refractivity contribution in [3.05, 3.63) is 12.4 Å². The van der Waals surface area contributed by atoms with Gasteiger partial charge in [0.1, 0.15) is 0 Å². The molecule has 1 atom stereocenters. The van der Waals surface area contributed by atoms with Crippen molar-refractivity contribution in [3.8, 4) is 0 Å². The number of amides is 2. The smallest absolute Gasteiger partial charge is 0.314 e. The average molecular weight is 255 g/mol. The van der Waals surface area contributed by atoms with E-state index in [0.29, 0.717) is 13.1 Å². The quantitative estimate of drug-likeness (QED) is 0.579. The van der Waals surface area contributed by atoms with E-state index in [4.69, 9.17) is 5.11 Å². The second kappa shape index (κ2) is 7.25. The summed E-state index contributed by atoms with van der Waals surface area (Å²) in [6, 6.07) is -0.360. The summed E-state index contributed by atoms with van der Waals surface area (Å²) in [5, 5.41) is 21.2. The number of aliphatic carboxylic acids is 1. The third-order valence-corrected chi connectivity index (χ3v) is 2.31.